The molecule has 3 nitrogen and oxygen atoms in total. The molecule has 0 unspecified atom stereocenters. The summed E-state index contributed by atoms with van der Waals surface area (Å²) < 4.78 is 15.1. The lowest BCUT2D eigenvalue weighted by Crippen LogP contribution is -1.94. The highest BCUT2D eigenvalue weighted by atomic mass is 16.7. The summed E-state index contributed by atoms with van der Waals surface area (Å²) >= 11 is 0. The van der Waals surface area contributed by atoms with Crippen LogP contribution in [0.2, 0.25) is 0 Å². The molecule has 0 N–H and O–H groups in total. The van der Waals surface area contributed by atoms with Crippen molar-refractivity contribution in [3.63, 3.8) is 0 Å². The van der Waals surface area contributed by atoms with E-state index in [1.165, 1.54) is 0 Å². The van der Waals surface area contributed by atoms with E-state index in [0.29, 0.717) is 13.2 Å². The highest BCUT2D eigenvalue weighted by Gasteiger charge is 2.18. The topological polar surface area (TPSA) is 31.6 Å². The van der Waals surface area contributed by atoms with Gasteiger partial charge in [0.2, 0.25) is 0 Å². The zero-order valence-corrected chi connectivity index (χ0v) is 5.37. The van der Waals surface area contributed by atoms with Crippen LogP contribution in [-0.4, -0.2) is 13.2 Å². The number of hydrogen-bond acceptors (Lipinski definition) is 3. The van der Waals surface area contributed by atoms with Crippen LogP contribution < -0.4 is 0 Å². The lowest BCUT2D eigenvalue weighted by Gasteiger charge is -2.02. The van der Waals surface area contributed by atoms with E-state index in [1.807, 2.05) is 0 Å². The first-order valence-electron chi connectivity index (χ1n) is 3.15. The average molecular weight is 139 g/mol. The molecular formula is C7H7O3. The fourth-order valence-corrected chi connectivity index (χ4v) is 0.908. The SMILES string of the molecule is [c]1occc1C1OCCO1. The van der Waals surface area contributed by atoms with Crippen molar-refractivity contribution in [2.24, 2.45) is 0 Å². The second-order valence-electron chi connectivity index (χ2n) is 2.05. The average Bonchev–Trinajstić information content (AvgIpc) is 2.59. The molecule has 0 atom stereocenters. The summed E-state index contributed by atoms with van der Waals surface area (Å²) in [7, 11) is 0. The van der Waals surface area contributed by atoms with Crippen molar-refractivity contribution in [3.05, 3.63) is 24.2 Å². The Morgan fingerprint density at radius 3 is 2.80 bits per heavy atom. The van der Waals surface area contributed by atoms with Gasteiger partial charge in [-0.1, -0.05) is 0 Å². The molecule has 1 saturated heterocycles. The van der Waals surface area contributed by atoms with Crippen LogP contribution in [-0.2, 0) is 9.47 Å². The second-order valence-corrected chi connectivity index (χ2v) is 2.05. The Labute approximate surface area is 58.5 Å². The maximum atomic E-state index is 5.18. The van der Waals surface area contributed by atoms with Gasteiger partial charge in [-0.2, -0.15) is 0 Å². The lowest BCUT2D eigenvalue weighted by molar-refractivity contribution is -0.0447. The quantitative estimate of drug-likeness (QED) is 0.584. The first kappa shape index (κ1) is 5.95. The molecule has 1 fully saturated rings. The van der Waals surface area contributed by atoms with Crippen molar-refractivity contribution < 1.29 is 13.9 Å². The van der Waals surface area contributed by atoms with Gasteiger partial charge >= 0.3 is 0 Å². The van der Waals surface area contributed by atoms with E-state index in [0.717, 1.165) is 5.56 Å². The zero-order chi connectivity index (χ0) is 6.81. The molecule has 2 heterocycles. The fraction of sp³-hybridized carbons (Fsp3) is 0.429. The van der Waals surface area contributed by atoms with E-state index in [2.05, 4.69) is 6.26 Å². The summed E-state index contributed by atoms with van der Waals surface area (Å²) in [6.07, 6.45) is 3.96. The minimum absolute atomic E-state index is 0.251. The van der Waals surface area contributed by atoms with Crippen LogP contribution in [0, 0.1) is 6.26 Å². The highest BCUT2D eigenvalue weighted by molar-refractivity contribution is 5.05. The van der Waals surface area contributed by atoms with Crippen LogP contribution in [0.4, 0.5) is 0 Å². The molecule has 0 aliphatic carbocycles. The third-order valence-corrected chi connectivity index (χ3v) is 1.37. The van der Waals surface area contributed by atoms with Crippen LogP contribution in [0.25, 0.3) is 0 Å². The lowest BCUT2D eigenvalue weighted by atomic mass is 10.3. The Balaban J connectivity index is 2.12. The predicted octanol–water partition coefficient (Wildman–Crippen LogP) is 1.13. The number of ether oxygens (including phenoxy) is 2. The third-order valence-electron chi connectivity index (χ3n) is 1.37. The predicted molar refractivity (Wildman–Crippen MR) is 32.2 cm³/mol. The molecule has 0 spiro atoms. The summed E-state index contributed by atoms with van der Waals surface area (Å²) in [5, 5.41) is 0. The Hall–Kier alpha value is -0.800. The largest absolute Gasteiger partial charge is 0.461 e. The summed E-state index contributed by atoms with van der Waals surface area (Å²) in [5.41, 5.74) is 0.831. The smallest absolute Gasteiger partial charge is 0.187 e. The molecule has 3 heteroatoms. The van der Waals surface area contributed by atoms with Crippen LogP contribution in [0.15, 0.2) is 16.7 Å². The Morgan fingerprint density at radius 2 is 2.20 bits per heavy atom. The first-order valence-corrected chi connectivity index (χ1v) is 3.15. The molecule has 0 saturated carbocycles. The van der Waals surface area contributed by atoms with Crippen LogP contribution in [0.1, 0.15) is 11.9 Å². The van der Waals surface area contributed by atoms with Crippen molar-refractivity contribution >= 4 is 0 Å². The molecule has 1 aromatic rings. The van der Waals surface area contributed by atoms with E-state index < -0.39 is 0 Å². The normalized spacial score (nSPS) is 20.0. The molecule has 1 aromatic heterocycles. The molecule has 0 amide bonds. The van der Waals surface area contributed by atoms with E-state index in [9.17, 15) is 0 Å². The van der Waals surface area contributed by atoms with Crippen LogP contribution in [0.3, 0.4) is 0 Å². The molecule has 2 rings (SSSR count). The Morgan fingerprint density at radius 1 is 1.40 bits per heavy atom. The van der Waals surface area contributed by atoms with Gasteiger partial charge in [-0.05, 0) is 6.07 Å². The zero-order valence-electron chi connectivity index (χ0n) is 5.37. The Bertz CT molecular complexity index is 187. The van der Waals surface area contributed by atoms with E-state index in [1.54, 1.807) is 12.3 Å². The van der Waals surface area contributed by atoms with Crippen molar-refractivity contribution in [2.75, 3.05) is 13.2 Å². The molecule has 0 bridgehead atoms. The van der Waals surface area contributed by atoms with Gasteiger partial charge in [-0.25, -0.2) is 0 Å². The van der Waals surface area contributed by atoms with E-state index >= 15 is 0 Å². The van der Waals surface area contributed by atoms with Gasteiger partial charge in [-0.15, -0.1) is 0 Å². The summed E-state index contributed by atoms with van der Waals surface area (Å²) in [6, 6.07) is 1.79. The molecule has 10 heavy (non-hydrogen) atoms. The maximum absolute atomic E-state index is 5.18. The van der Waals surface area contributed by atoms with Crippen molar-refractivity contribution in [1.82, 2.24) is 0 Å². The molecular weight excluding hydrogens is 132 g/mol. The molecule has 53 valence electrons. The number of hydrogen-bond donors (Lipinski definition) is 0. The van der Waals surface area contributed by atoms with E-state index in [4.69, 9.17) is 13.9 Å². The highest BCUT2D eigenvalue weighted by Crippen LogP contribution is 2.22. The monoisotopic (exact) mass is 139 g/mol. The van der Waals surface area contributed by atoms with Crippen molar-refractivity contribution in [2.45, 2.75) is 6.29 Å². The Kier molecular flexibility index (Phi) is 1.45. The molecule has 1 radical (unpaired) electrons. The fourth-order valence-electron chi connectivity index (χ4n) is 0.908. The van der Waals surface area contributed by atoms with Crippen molar-refractivity contribution in [1.29, 1.82) is 0 Å². The van der Waals surface area contributed by atoms with Gasteiger partial charge < -0.3 is 13.9 Å². The van der Waals surface area contributed by atoms with Gasteiger partial charge in [-0.3, -0.25) is 0 Å². The summed E-state index contributed by atoms with van der Waals surface area (Å²) in [4.78, 5) is 0. The second kappa shape index (κ2) is 2.44. The van der Waals surface area contributed by atoms with Gasteiger partial charge in [0, 0.05) is 0 Å². The summed E-state index contributed by atoms with van der Waals surface area (Å²) in [5.74, 6) is 0. The third kappa shape index (κ3) is 0.936. The van der Waals surface area contributed by atoms with Crippen molar-refractivity contribution in [3.8, 4) is 0 Å². The van der Waals surface area contributed by atoms with Gasteiger partial charge in [0.1, 0.15) is 0 Å². The number of rotatable bonds is 1. The van der Waals surface area contributed by atoms with Gasteiger partial charge in [0.25, 0.3) is 0 Å². The standard InChI is InChI=1S/C7H7O3/c1-2-8-5-6(1)7-9-3-4-10-7/h1-2,7H,3-4H2. The first-order chi connectivity index (χ1) is 4.97. The maximum Gasteiger partial charge on any atom is 0.187 e. The van der Waals surface area contributed by atoms with E-state index in [-0.39, 0.29) is 6.29 Å². The van der Waals surface area contributed by atoms with Gasteiger partial charge in [0.15, 0.2) is 12.6 Å². The van der Waals surface area contributed by atoms with Crippen LogP contribution >= 0.6 is 0 Å². The number of furan rings is 1. The summed E-state index contributed by atoms with van der Waals surface area (Å²) in [6.45, 7) is 1.31. The minimum atomic E-state index is -0.251. The minimum Gasteiger partial charge on any atom is -0.461 e. The molecule has 1 aliphatic rings. The molecule has 1 aliphatic heterocycles. The van der Waals surface area contributed by atoms with Gasteiger partial charge in [0.05, 0.1) is 25.0 Å². The van der Waals surface area contributed by atoms with Crippen LogP contribution in [0.5, 0.6) is 0 Å². The molecule has 0 aromatic carbocycles.